The van der Waals surface area contributed by atoms with Crippen LogP contribution in [0, 0.1) is 5.82 Å². The number of H-pyrrole nitrogens is 1. The molecule has 222 valence electrons. The summed E-state index contributed by atoms with van der Waals surface area (Å²) in [4.78, 5) is 36.2. The lowest BCUT2D eigenvalue weighted by Gasteiger charge is -2.38. The summed E-state index contributed by atoms with van der Waals surface area (Å²) in [6.45, 7) is 1.01. The molecule has 0 aliphatic carbocycles. The highest BCUT2D eigenvalue weighted by Crippen LogP contribution is 2.41. The van der Waals surface area contributed by atoms with Crippen molar-refractivity contribution in [2.45, 2.75) is 18.9 Å². The van der Waals surface area contributed by atoms with E-state index < -0.39 is 17.8 Å². The van der Waals surface area contributed by atoms with E-state index in [1.807, 2.05) is 59.5 Å². The summed E-state index contributed by atoms with van der Waals surface area (Å²) in [5.41, 5.74) is 3.83. The fraction of sp³-hybridized carbons (Fsp3) is 0.206. The summed E-state index contributed by atoms with van der Waals surface area (Å²) in [5.74, 6) is 0.646. The van der Waals surface area contributed by atoms with E-state index in [1.165, 1.54) is 18.2 Å². The monoisotopic (exact) mass is 592 g/mol. The zero-order valence-electron chi connectivity index (χ0n) is 23.9. The first-order chi connectivity index (χ1) is 21.5. The number of hydrogen-bond acceptors (Lipinski definition) is 6. The molecule has 9 nitrogen and oxygen atoms in total. The molecular formula is C34H29FN4O5. The van der Waals surface area contributed by atoms with Crippen molar-refractivity contribution in [2.75, 3.05) is 26.8 Å². The van der Waals surface area contributed by atoms with Gasteiger partial charge in [-0.2, -0.15) is 0 Å². The highest BCUT2D eigenvalue weighted by atomic mass is 19.1. The van der Waals surface area contributed by atoms with Crippen molar-refractivity contribution in [3.05, 3.63) is 113 Å². The Labute approximate surface area is 252 Å². The standard InChI is InChI=1S/C34H29FN4O5/c1-42-29-10-5-21-18-30(29)43-15-3-13-37-33(40)26-19-24(7-9-27(26)35)44-23-6-8-25-20(16-23)11-14-39(31(21)25)34(41)28-17-22-4-2-12-36-32(22)38-28/h2,4-10,12,16-19,31H,3,11,13-15H2,1H3,(H,36,38)(H,37,40). The average Bonchev–Trinajstić information content (AvgIpc) is 3.48. The Morgan fingerprint density at radius 1 is 1.07 bits per heavy atom. The van der Waals surface area contributed by atoms with E-state index in [1.54, 1.807) is 13.3 Å². The van der Waals surface area contributed by atoms with E-state index in [0.717, 1.165) is 22.1 Å². The number of carbonyl (C=O) groups excluding carboxylic acids is 2. The van der Waals surface area contributed by atoms with Crippen LogP contribution in [0.4, 0.5) is 4.39 Å². The third kappa shape index (κ3) is 5.08. The maximum Gasteiger partial charge on any atom is 0.271 e. The predicted octanol–water partition coefficient (Wildman–Crippen LogP) is 5.80. The van der Waals surface area contributed by atoms with Crippen LogP contribution in [-0.2, 0) is 6.42 Å². The molecule has 1 atom stereocenters. The van der Waals surface area contributed by atoms with Crippen molar-refractivity contribution in [3.8, 4) is 23.0 Å². The van der Waals surface area contributed by atoms with E-state index in [4.69, 9.17) is 14.2 Å². The van der Waals surface area contributed by atoms with Crippen LogP contribution in [0.1, 0.15) is 50.0 Å². The fourth-order valence-corrected chi connectivity index (χ4v) is 5.88. The van der Waals surface area contributed by atoms with Crippen LogP contribution >= 0.6 is 0 Å². The Bertz CT molecular complexity index is 1870. The highest BCUT2D eigenvalue weighted by Gasteiger charge is 2.34. The Morgan fingerprint density at radius 3 is 2.80 bits per heavy atom. The SMILES string of the molecule is COc1ccc2cc1OCCCNC(=O)c1cc(ccc1F)Oc1ccc3c(c1)CCN(C(=O)c1cc4cccnc4[nH]1)C23. The van der Waals surface area contributed by atoms with Crippen LogP contribution in [-0.4, -0.2) is 53.5 Å². The minimum atomic E-state index is -0.633. The lowest BCUT2D eigenvalue weighted by molar-refractivity contribution is 0.0689. The number of carbonyl (C=O) groups is 2. The molecule has 0 radical (unpaired) electrons. The van der Waals surface area contributed by atoms with E-state index >= 15 is 0 Å². The van der Waals surface area contributed by atoms with Gasteiger partial charge < -0.3 is 29.4 Å². The molecule has 8 rings (SSSR count). The molecule has 1 unspecified atom stereocenters. The number of ether oxygens (including phenoxy) is 3. The van der Waals surface area contributed by atoms with Gasteiger partial charge in [-0.25, -0.2) is 9.37 Å². The first-order valence-corrected chi connectivity index (χ1v) is 14.4. The molecule has 0 spiro atoms. The molecule has 3 aromatic carbocycles. The first-order valence-electron chi connectivity index (χ1n) is 14.4. The maximum absolute atomic E-state index is 14.6. The molecule has 2 N–H and O–H groups in total. The largest absolute Gasteiger partial charge is 0.493 e. The van der Waals surface area contributed by atoms with Crippen molar-refractivity contribution < 1.29 is 28.2 Å². The molecular weight excluding hydrogens is 563 g/mol. The molecule has 5 heterocycles. The summed E-state index contributed by atoms with van der Waals surface area (Å²) >= 11 is 0. The van der Waals surface area contributed by atoms with Crippen molar-refractivity contribution in [1.29, 1.82) is 0 Å². The molecule has 3 aliphatic heterocycles. The number of nitrogens with zero attached hydrogens (tertiary/aromatic N) is 2. The number of aromatic nitrogens is 2. The Morgan fingerprint density at radius 2 is 1.93 bits per heavy atom. The summed E-state index contributed by atoms with van der Waals surface area (Å²) in [6.07, 6.45) is 2.75. The normalized spacial score (nSPS) is 16.4. The number of methoxy groups -OCH3 is 1. The Kier molecular flexibility index (Phi) is 7.09. The number of pyridine rings is 1. The number of amides is 2. The van der Waals surface area contributed by atoms with Crippen LogP contribution in [0.3, 0.4) is 0 Å². The average molecular weight is 593 g/mol. The van der Waals surface area contributed by atoms with Gasteiger partial charge in [0.2, 0.25) is 0 Å². The summed E-state index contributed by atoms with van der Waals surface area (Å²) in [5, 5.41) is 3.61. The molecule has 3 aliphatic rings. The maximum atomic E-state index is 14.6. The fourth-order valence-electron chi connectivity index (χ4n) is 5.88. The van der Waals surface area contributed by atoms with Gasteiger partial charge in [0.25, 0.3) is 11.8 Å². The van der Waals surface area contributed by atoms with Crippen LogP contribution in [0.15, 0.2) is 79.0 Å². The van der Waals surface area contributed by atoms with E-state index in [-0.39, 0.29) is 24.6 Å². The minimum absolute atomic E-state index is 0.0988. The number of rotatable bonds is 2. The van der Waals surface area contributed by atoms with Gasteiger partial charge in [-0.3, -0.25) is 9.59 Å². The summed E-state index contributed by atoms with van der Waals surface area (Å²) < 4.78 is 32.4. The quantitative estimate of drug-likeness (QED) is 0.268. The van der Waals surface area contributed by atoms with Gasteiger partial charge in [-0.05, 0) is 90.2 Å². The topological polar surface area (TPSA) is 106 Å². The summed E-state index contributed by atoms with van der Waals surface area (Å²) in [6, 6.07) is 20.7. The van der Waals surface area contributed by atoms with Gasteiger partial charge in [-0.1, -0.05) is 12.1 Å². The van der Waals surface area contributed by atoms with Crippen molar-refractivity contribution in [3.63, 3.8) is 0 Å². The second-order valence-electron chi connectivity index (χ2n) is 10.7. The molecule has 10 heteroatoms. The van der Waals surface area contributed by atoms with E-state index in [9.17, 15) is 14.0 Å². The summed E-state index contributed by atoms with van der Waals surface area (Å²) in [7, 11) is 1.57. The van der Waals surface area contributed by atoms with E-state index in [2.05, 4.69) is 15.3 Å². The lowest BCUT2D eigenvalue weighted by Crippen LogP contribution is -2.40. The number of halogens is 1. The smallest absolute Gasteiger partial charge is 0.271 e. The minimum Gasteiger partial charge on any atom is -0.493 e. The van der Waals surface area contributed by atoms with Crippen molar-refractivity contribution in [1.82, 2.24) is 20.2 Å². The number of benzene rings is 3. The molecule has 0 saturated heterocycles. The molecule has 0 fully saturated rings. The van der Waals surface area contributed by atoms with Gasteiger partial charge in [-0.15, -0.1) is 0 Å². The first kappa shape index (κ1) is 27.5. The number of fused-ring (bicyclic) bond motifs is 7. The van der Waals surface area contributed by atoms with Crippen LogP contribution < -0.4 is 19.5 Å². The third-order valence-corrected chi connectivity index (χ3v) is 8.01. The van der Waals surface area contributed by atoms with Gasteiger partial charge >= 0.3 is 0 Å². The van der Waals surface area contributed by atoms with Crippen LogP contribution in [0.5, 0.6) is 23.0 Å². The van der Waals surface area contributed by atoms with E-state index in [0.29, 0.717) is 53.7 Å². The third-order valence-electron chi connectivity index (χ3n) is 8.01. The Hall–Kier alpha value is -5.38. The second kappa shape index (κ2) is 11.4. The van der Waals surface area contributed by atoms with Gasteiger partial charge in [0, 0.05) is 24.7 Å². The van der Waals surface area contributed by atoms with Crippen LogP contribution in [0.2, 0.25) is 0 Å². The van der Waals surface area contributed by atoms with Crippen molar-refractivity contribution >= 4 is 22.8 Å². The predicted molar refractivity (Wildman–Crippen MR) is 161 cm³/mol. The number of nitrogens with one attached hydrogen (secondary N) is 2. The van der Waals surface area contributed by atoms with Gasteiger partial charge in [0.1, 0.15) is 28.7 Å². The zero-order valence-corrected chi connectivity index (χ0v) is 23.9. The van der Waals surface area contributed by atoms with Gasteiger partial charge in [0.05, 0.1) is 25.3 Å². The van der Waals surface area contributed by atoms with Crippen LogP contribution in [0.25, 0.3) is 11.0 Å². The van der Waals surface area contributed by atoms with Crippen molar-refractivity contribution in [2.24, 2.45) is 0 Å². The van der Waals surface area contributed by atoms with Gasteiger partial charge in [0.15, 0.2) is 11.5 Å². The highest BCUT2D eigenvalue weighted by molar-refractivity contribution is 5.98. The lowest BCUT2D eigenvalue weighted by atomic mass is 9.87. The Balaban J connectivity index is 1.33. The zero-order chi connectivity index (χ0) is 30.2. The molecule has 2 aromatic heterocycles. The molecule has 44 heavy (non-hydrogen) atoms. The number of hydrogen-bond donors (Lipinski definition) is 2. The molecule has 5 aromatic rings. The second-order valence-corrected chi connectivity index (χ2v) is 10.7. The molecule has 0 saturated carbocycles. The molecule has 2 amide bonds. The molecule has 8 bridgehead atoms. The number of aromatic amines is 1.